The van der Waals surface area contributed by atoms with E-state index in [1.807, 2.05) is 12.4 Å². The van der Waals surface area contributed by atoms with Gasteiger partial charge >= 0.3 is 0 Å². The number of nitrogens with one attached hydrogen (secondary N) is 1. The maximum Gasteiger partial charge on any atom is 0.0407 e. The Morgan fingerprint density at radius 2 is 1.86 bits per heavy atom. The monoisotopic (exact) mass is 282 g/mol. The van der Waals surface area contributed by atoms with Gasteiger partial charge in [-0.15, -0.1) is 0 Å². The summed E-state index contributed by atoms with van der Waals surface area (Å²) in [7, 11) is 0. The van der Waals surface area contributed by atoms with Gasteiger partial charge < -0.3 is 5.32 Å². The zero-order valence-corrected chi connectivity index (χ0v) is 13.3. The van der Waals surface area contributed by atoms with E-state index in [-0.39, 0.29) is 0 Å². The molecular weight excluding hydrogens is 256 g/mol. The third kappa shape index (κ3) is 3.92. The molecule has 1 aromatic carbocycles. The first-order valence-corrected chi connectivity index (χ1v) is 7.96. The van der Waals surface area contributed by atoms with Gasteiger partial charge in [-0.1, -0.05) is 44.2 Å². The molecule has 0 spiro atoms. The van der Waals surface area contributed by atoms with Crippen LogP contribution in [0.2, 0.25) is 0 Å². The molecule has 1 aromatic heterocycles. The van der Waals surface area contributed by atoms with E-state index in [4.69, 9.17) is 0 Å². The summed E-state index contributed by atoms with van der Waals surface area (Å²) >= 11 is 0. The first-order chi connectivity index (χ1) is 10.3. The van der Waals surface area contributed by atoms with Gasteiger partial charge in [0.1, 0.15) is 0 Å². The van der Waals surface area contributed by atoms with E-state index >= 15 is 0 Å². The zero-order chi connectivity index (χ0) is 15.1. The van der Waals surface area contributed by atoms with Crippen molar-refractivity contribution in [2.75, 3.05) is 6.54 Å². The highest BCUT2D eigenvalue weighted by Gasteiger charge is 2.24. The van der Waals surface area contributed by atoms with Crippen molar-refractivity contribution >= 4 is 0 Å². The summed E-state index contributed by atoms with van der Waals surface area (Å²) in [5.41, 5.74) is 4.03. The Kier molecular flexibility index (Phi) is 5.94. The fourth-order valence-corrected chi connectivity index (χ4v) is 2.93. The second kappa shape index (κ2) is 7.94. The molecule has 21 heavy (non-hydrogen) atoms. The minimum absolute atomic E-state index is 0.325. The quantitative estimate of drug-likeness (QED) is 0.801. The smallest absolute Gasteiger partial charge is 0.0407 e. The van der Waals surface area contributed by atoms with E-state index in [0.29, 0.717) is 12.0 Å². The Balaban J connectivity index is 2.36. The predicted octanol–water partition coefficient (Wildman–Crippen LogP) is 4.62. The van der Waals surface area contributed by atoms with Crippen LogP contribution < -0.4 is 5.32 Å². The Hall–Kier alpha value is -1.67. The van der Waals surface area contributed by atoms with Gasteiger partial charge in [-0.25, -0.2) is 0 Å². The molecular formula is C19H26N2. The van der Waals surface area contributed by atoms with Crippen molar-refractivity contribution < 1.29 is 0 Å². The lowest BCUT2D eigenvalue weighted by Gasteiger charge is -2.29. The van der Waals surface area contributed by atoms with Gasteiger partial charge in [-0.3, -0.25) is 4.98 Å². The normalized spacial score (nSPS) is 13.9. The van der Waals surface area contributed by atoms with E-state index in [1.54, 1.807) is 0 Å². The lowest BCUT2D eigenvalue weighted by Crippen LogP contribution is -2.28. The molecule has 2 unspecified atom stereocenters. The number of hydrogen-bond donors (Lipinski definition) is 1. The maximum atomic E-state index is 4.34. The van der Waals surface area contributed by atoms with E-state index in [2.05, 4.69) is 67.5 Å². The van der Waals surface area contributed by atoms with Crippen LogP contribution in [0.3, 0.4) is 0 Å². The highest BCUT2D eigenvalue weighted by Crippen LogP contribution is 2.34. The van der Waals surface area contributed by atoms with Crippen LogP contribution in [0, 0.1) is 6.92 Å². The van der Waals surface area contributed by atoms with Crippen molar-refractivity contribution in [3.8, 4) is 0 Å². The van der Waals surface area contributed by atoms with Crippen molar-refractivity contribution in [1.29, 1.82) is 0 Å². The topological polar surface area (TPSA) is 24.9 Å². The van der Waals surface area contributed by atoms with Crippen LogP contribution in [-0.2, 0) is 0 Å². The highest BCUT2D eigenvalue weighted by molar-refractivity contribution is 5.31. The fourth-order valence-electron chi connectivity index (χ4n) is 2.93. The molecule has 2 nitrogen and oxygen atoms in total. The second-order valence-electron chi connectivity index (χ2n) is 5.59. The molecule has 2 aromatic rings. The van der Waals surface area contributed by atoms with Gasteiger partial charge in [-0.05, 0) is 49.1 Å². The molecule has 1 N–H and O–H groups in total. The Bertz CT molecular complexity index is 536. The highest BCUT2D eigenvalue weighted by atomic mass is 14.9. The third-order valence-corrected chi connectivity index (χ3v) is 4.10. The molecule has 0 bridgehead atoms. The van der Waals surface area contributed by atoms with Crippen molar-refractivity contribution in [1.82, 2.24) is 10.3 Å². The van der Waals surface area contributed by atoms with Crippen LogP contribution in [0.25, 0.3) is 0 Å². The van der Waals surface area contributed by atoms with E-state index < -0.39 is 0 Å². The Morgan fingerprint density at radius 1 is 1.10 bits per heavy atom. The Labute approximate surface area is 128 Å². The average molecular weight is 282 g/mol. The van der Waals surface area contributed by atoms with Crippen LogP contribution >= 0.6 is 0 Å². The van der Waals surface area contributed by atoms with Crippen LogP contribution in [0.5, 0.6) is 0 Å². The van der Waals surface area contributed by atoms with Crippen molar-refractivity contribution in [3.63, 3.8) is 0 Å². The number of hydrogen-bond acceptors (Lipinski definition) is 2. The largest absolute Gasteiger partial charge is 0.309 e. The maximum absolute atomic E-state index is 4.34. The summed E-state index contributed by atoms with van der Waals surface area (Å²) in [4.78, 5) is 4.34. The van der Waals surface area contributed by atoms with Crippen LogP contribution in [0.1, 0.15) is 55.3 Å². The molecule has 0 aliphatic rings. The van der Waals surface area contributed by atoms with E-state index in [9.17, 15) is 0 Å². The first-order valence-electron chi connectivity index (χ1n) is 7.96. The van der Waals surface area contributed by atoms with Crippen molar-refractivity contribution in [2.45, 2.75) is 45.6 Å². The fraction of sp³-hybridized carbons (Fsp3) is 0.421. The van der Waals surface area contributed by atoms with E-state index in [1.165, 1.54) is 16.7 Å². The first kappa shape index (κ1) is 15.7. The standard InChI is InChI=1S/C19H26N2/c1-4-12-21-19(18-14-20-13-11-15(18)3)17(5-2)16-9-7-6-8-10-16/h6-11,13-14,17,19,21H,4-5,12H2,1-3H3. The minimum atomic E-state index is 0.325. The van der Waals surface area contributed by atoms with Gasteiger partial charge in [0, 0.05) is 24.4 Å². The molecule has 112 valence electrons. The van der Waals surface area contributed by atoms with Gasteiger partial charge in [0.25, 0.3) is 0 Å². The third-order valence-electron chi connectivity index (χ3n) is 4.10. The molecule has 0 saturated heterocycles. The molecule has 0 aliphatic carbocycles. The summed E-state index contributed by atoms with van der Waals surface area (Å²) in [5.74, 6) is 0.473. The molecule has 0 radical (unpaired) electrons. The van der Waals surface area contributed by atoms with Crippen molar-refractivity contribution in [3.05, 3.63) is 65.5 Å². The van der Waals surface area contributed by atoms with Gasteiger partial charge in [-0.2, -0.15) is 0 Å². The van der Waals surface area contributed by atoms with Gasteiger partial charge in [0.05, 0.1) is 0 Å². The predicted molar refractivity (Wildman–Crippen MR) is 89.5 cm³/mol. The van der Waals surface area contributed by atoms with Gasteiger partial charge in [0.2, 0.25) is 0 Å². The lowest BCUT2D eigenvalue weighted by molar-refractivity contribution is 0.433. The summed E-state index contributed by atoms with van der Waals surface area (Å²) in [6.45, 7) is 7.69. The number of rotatable bonds is 7. The number of benzene rings is 1. The number of nitrogens with zero attached hydrogens (tertiary/aromatic N) is 1. The molecule has 0 fully saturated rings. The molecule has 1 heterocycles. The summed E-state index contributed by atoms with van der Waals surface area (Å²) in [5, 5.41) is 3.74. The van der Waals surface area contributed by atoms with Crippen LogP contribution in [-0.4, -0.2) is 11.5 Å². The zero-order valence-electron chi connectivity index (χ0n) is 13.3. The molecule has 2 atom stereocenters. The molecule has 2 heteroatoms. The summed E-state index contributed by atoms with van der Waals surface area (Å²) in [6, 6.07) is 13.2. The lowest BCUT2D eigenvalue weighted by atomic mass is 9.84. The van der Waals surface area contributed by atoms with Crippen LogP contribution in [0.4, 0.5) is 0 Å². The number of aromatic nitrogens is 1. The molecule has 0 aliphatic heterocycles. The minimum Gasteiger partial charge on any atom is -0.309 e. The summed E-state index contributed by atoms with van der Waals surface area (Å²) < 4.78 is 0. The second-order valence-corrected chi connectivity index (χ2v) is 5.59. The van der Waals surface area contributed by atoms with E-state index in [0.717, 1.165) is 19.4 Å². The van der Waals surface area contributed by atoms with Crippen molar-refractivity contribution in [2.24, 2.45) is 0 Å². The Morgan fingerprint density at radius 3 is 2.48 bits per heavy atom. The molecule has 0 saturated carbocycles. The number of pyridine rings is 1. The number of aryl methyl sites for hydroxylation is 1. The van der Waals surface area contributed by atoms with Crippen LogP contribution in [0.15, 0.2) is 48.8 Å². The molecule has 0 amide bonds. The SMILES string of the molecule is CCCNC(c1cnccc1C)C(CC)c1ccccc1. The molecule has 2 rings (SSSR count). The van der Waals surface area contributed by atoms with Gasteiger partial charge in [0.15, 0.2) is 0 Å². The summed E-state index contributed by atoms with van der Waals surface area (Å²) in [6.07, 6.45) is 6.15. The average Bonchev–Trinajstić information content (AvgIpc) is 2.53.